The highest BCUT2D eigenvalue weighted by Gasteiger charge is 2.60. The van der Waals surface area contributed by atoms with Crippen LogP contribution in [0, 0.1) is 17.8 Å². The van der Waals surface area contributed by atoms with Crippen molar-refractivity contribution in [1.29, 1.82) is 0 Å². The molecule has 1 aliphatic rings. The molecule has 0 amide bonds. The van der Waals surface area contributed by atoms with Crippen LogP contribution in [0.2, 0.25) is 0 Å². The maximum Gasteiger partial charge on any atom is 0.0563 e. The molecule has 0 N–H and O–H groups in total. The van der Waals surface area contributed by atoms with E-state index in [1.807, 2.05) is 0 Å². The van der Waals surface area contributed by atoms with Crippen LogP contribution in [0.5, 0.6) is 0 Å². The second-order valence-electron chi connectivity index (χ2n) is 3.33. The van der Waals surface area contributed by atoms with Crippen molar-refractivity contribution in [2.45, 2.75) is 32.6 Å². The molecule has 0 spiro atoms. The van der Waals surface area contributed by atoms with Gasteiger partial charge in [-0.3, -0.25) is 0 Å². The lowest BCUT2D eigenvalue weighted by Gasteiger charge is -2.11. The number of halogens is 1. The number of hydrogen-bond donors (Lipinski definition) is 0. The molecule has 1 fully saturated rings. The van der Waals surface area contributed by atoms with Crippen LogP contribution in [0.4, 0.5) is 0 Å². The molecule has 1 rings (SSSR count). The smallest absolute Gasteiger partial charge is 0.0563 e. The summed E-state index contributed by atoms with van der Waals surface area (Å²) in [7, 11) is 0. The van der Waals surface area contributed by atoms with Crippen LogP contribution in [0.1, 0.15) is 27.7 Å². The van der Waals surface area contributed by atoms with E-state index in [1.165, 1.54) is 5.92 Å². The average molecular weight is 146 g/mol. The van der Waals surface area contributed by atoms with Gasteiger partial charge in [0.1, 0.15) is 0 Å². The molecule has 2 unspecified atom stereocenters. The molecule has 9 heavy (non-hydrogen) atoms. The highest BCUT2D eigenvalue weighted by atomic mass is 35.5. The fourth-order valence-corrected chi connectivity index (χ4v) is 1.87. The molecule has 1 aliphatic carbocycles. The average Bonchev–Trinajstić information content (AvgIpc) is 2.22. The van der Waals surface area contributed by atoms with Gasteiger partial charge in [0.15, 0.2) is 0 Å². The van der Waals surface area contributed by atoms with Crippen molar-refractivity contribution in [1.82, 2.24) is 0 Å². The number of alkyl halides is 1. The second-order valence-corrected chi connectivity index (χ2v) is 3.95. The molecule has 1 radical (unpaired) electrons. The van der Waals surface area contributed by atoms with Crippen molar-refractivity contribution in [3.05, 3.63) is 5.92 Å². The molecule has 1 saturated carbocycles. The zero-order chi connectivity index (χ0) is 7.23. The first kappa shape index (κ1) is 7.40. The van der Waals surface area contributed by atoms with Gasteiger partial charge in [-0.05, 0) is 17.8 Å². The first-order chi connectivity index (χ1) is 4.01. The Bertz CT molecular complexity index is 100. The van der Waals surface area contributed by atoms with Crippen molar-refractivity contribution < 1.29 is 0 Å². The Hall–Kier alpha value is 0.290. The van der Waals surface area contributed by atoms with E-state index in [1.54, 1.807) is 0 Å². The minimum Gasteiger partial charge on any atom is -0.118 e. The molecule has 0 aliphatic heterocycles. The summed E-state index contributed by atoms with van der Waals surface area (Å²) in [5, 5.41) is 0. The van der Waals surface area contributed by atoms with Crippen molar-refractivity contribution in [3.63, 3.8) is 0 Å². The van der Waals surface area contributed by atoms with Gasteiger partial charge in [0, 0.05) is 0 Å². The van der Waals surface area contributed by atoms with Gasteiger partial charge >= 0.3 is 0 Å². The summed E-state index contributed by atoms with van der Waals surface area (Å²) in [5.41, 5.74) is 0. The SMILES string of the molecule is C[C]1C(C)C1(Cl)C(C)C. The normalized spacial score (nSPS) is 44.0. The van der Waals surface area contributed by atoms with Crippen molar-refractivity contribution in [3.8, 4) is 0 Å². The van der Waals surface area contributed by atoms with E-state index in [9.17, 15) is 0 Å². The van der Waals surface area contributed by atoms with E-state index in [-0.39, 0.29) is 4.87 Å². The lowest BCUT2D eigenvalue weighted by atomic mass is 10.1. The molecule has 0 aromatic rings. The fourth-order valence-electron chi connectivity index (χ4n) is 1.60. The number of rotatable bonds is 1. The standard InChI is InChI=1S/C8H14Cl/c1-5(2)8(9)6(3)7(8)4/h5-6H,1-4H3. The summed E-state index contributed by atoms with van der Waals surface area (Å²) < 4.78 is 0. The third kappa shape index (κ3) is 0.797. The van der Waals surface area contributed by atoms with Crippen LogP contribution in [-0.4, -0.2) is 4.87 Å². The Morgan fingerprint density at radius 1 is 1.56 bits per heavy atom. The summed E-state index contributed by atoms with van der Waals surface area (Å²) in [6.45, 7) is 8.71. The molecule has 0 heterocycles. The van der Waals surface area contributed by atoms with E-state index in [4.69, 9.17) is 11.6 Å². The maximum absolute atomic E-state index is 6.24. The molecular weight excluding hydrogens is 132 g/mol. The van der Waals surface area contributed by atoms with E-state index in [0.717, 1.165) is 0 Å². The lowest BCUT2D eigenvalue weighted by Crippen LogP contribution is -2.11. The van der Waals surface area contributed by atoms with Crippen LogP contribution < -0.4 is 0 Å². The molecular formula is C8H14Cl. The highest BCUT2D eigenvalue weighted by Crippen LogP contribution is 2.61. The molecule has 0 bridgehead atoms. The van der Waals surface area contributed by atoms with E-state index in [2.05, 4.69) is 27.7 Å². The molecule has 53 valence electrons. The number of hydrogen-bond acceptors (Lipinski definition) is 0. The third-order valence-electron chi connectivity index (χ3n) is 2.64. The van der Waals surface area contributed by atoms with E-state index < -0.39 is 0 Å². The summed E-state index contributed by atoms with van der Waals surface area (Å²) in [5.74, 6) is 2.69. The Kier molecular flexibility index (Phi) is 1.55. The van der Waals surface area contributed by atoms with Gasteiger partial charge in [-0.15, -0.1) is 11.6 Å². The van der Waals surface area contributed by atoms with Crippen LogP contribution in [-0.2, 0) is 0 Å². The zero-order valence-corrected chi connectivity index (χ0v) is 7.29. The van der Waals surface area contributed by atoms with Gasteiger partial charge in [-0.25, -0.2) is 0 Å². The summed E-state index contributed by atoms with van der Waals surface area (Å²) in [6, 6.07) is 0. The summed E-state index contributed by atoms with van der Waals surface area (Å²) in [6.07, 6.45) is 0. The molecule has 0 aromatic heterocycles. The van der Waals surface area contributed by atoms with Crippen molar-refractivity contribution in [2.24, 2.45) is 11.8 Å². The van der Waals surface area contributed by atoms with Crippen molar-refractivity contribution >= 4 is 11.6 Å². The minimum absolute atomic E-state index is 0.0556. The molecule has 1 heteroatoms. The summed E-state index contributed by atoms with van der Waals surface area (Å²) >= 11 is 6.24. The Morgan fingerprint density at radius 3 is 1.89 bits per heavy atom. The summed E-state index contributed by atoms with van der Waals surface area (Å²) in [4.78, 5) is 0.0556. The maximum atomic E-state index is 6.24. The van der Waals surface area contributed by atoms with Gasteiger partial charge in [-0.1, -0.05) is 27.7 Å². The fraction of sp³-hybridized carbons (Fsp3) is 0.875. The van der Waals surface area contributed by atoms with Crippen molar-refractivity contribution in [2.75, 3.05) is 0 Å². The highest BCUT2D eigenvalue weighted by molar-refractivity contribution is 6.29. The van der Waals surface area contributed by atoms with E-state index >= 15 is 0 Å². The molecule has 0 aromatic carbocycles. The Labute approximate surface area is 62.6 Å². The van der Waals surface area contributed by atoms with Crippen LogP contribution in [0.15, 0.2) is 0 Å². The quantitative estimate of drug-likeness (QED) is 0.498. The predicted molar refractivity (Wildman–Crippen MR) is 41.5 cm³/mol. The minimum atomic E-state index is 0.0556. The lowest BCUT2D eigenvalue weighted by molar-refractivity contribution is 0.564. The molecule has 0 saturated heterocycles. The molecule has 2 atom stereocenters. The zero-order valence-electron chi connectivity index (χ0n) is 6.53. The van der Waals surface area contributed by atoms with Gasteiger partial charge in [-0.2, -0.15) is 0 Å². The Morgan fingerprint density at radius 2 is 1.89 bits per heavy atom. The van der Waals surface area contributed by atoms with Gasteiger partial charge in [0.2, 0.25) is 0 Å². The second kappa shape index (κ2) is 1.88. The first-order valence-electron chi connectivity index (χ1n) is 3.54. The van der Waals surface area contributed by atoms with Gasteiger partial charge < -0.3 is 0 Å². The van der Waals surface area contributed by atoms with Crippen LogP contribution in [0.3, 0.4) is 0 Å². The topological polar surface area (TPSA) is 0 Å². The predicted octanol–water partition coefficient (Wildman–Crippen LogP) is 2.86. The third-order valence-corrected chi connectivity index (χ3v) is 3.70. The Balaban J connectivity index is 2.60. The van der Waals surface area contributed by atoms with E-state index in [0.29, 0.717) is 11.8 Å². The molecule has 0 nitrogen and oxygen atoms in total. The van der Waals surface area contributed by atoms with Gasteiger partial charge in [0.05, 0.1) is 4.87 Å². The monoisotopic (exact) mass is 145 g/mol. The van der Waals surface area contributed by atoms with Gasteiger partial charge in [0.25, 0.3) is 0 Å². The first-order valence-corrected chi connectivity index (χ1v) is 3.92. The largest absolute Gasteiger partial charge is 0.118 e. The van der Waals surface area contributed by atoms with Crippen LogP contribution >= 0.6 is 11.6 Å². The van der Waals surface area contributed by atoms with Crippen LogP contribution in [0.25, 0.3) is 0 Å².